The fourth-order valence-electron chi connectivity index (χ4n) is 6.78. The van der Waals surface area contributed by atoms with Crippen LogP contribution in [-0.2, 0) is 54.8 Å². The monoisotopic (exact) mass is 871 g/mol. The van der Waals surface area contributed by atoms with Gasteiger partial charge in [0.2, 0.25) is 0 Å². The van der Waals surface area contributed by atoms with E-state index in [9.17, 15) is 14.4 Å². The molecular weight excluding hydrogens is 802 g/mol. The predicted molar refractivity (Wildman–Crippen MR) is 232 cm³/mol. The Hall–Kier alpha value is -1.91. The van der Waals surface area contributed by atoms with Gasteiger partial charge >= 0.3 is 35.5 Å². The summed E-state index contributed by atoms with van der Waals surface area (Å²) in [5, 5.41) is 16.1. The zero-order chi connectivity index (χ0) is 41.9. The Bertz CT molecular complexity index is 1720. The summed E-state index contributed by atoms with van der Waals surface area (Å²) in [6.07, 6.45) is 5.45. The van der Waals surface area contributed by atoms with E-state index in [1.54, 1.807) is 28.5 Å². The summed E-state index contributed by atoms with van der Waals surface area (Å²) in [7, 11) is -1.34. The smallest absolute Gasteiger partial charge is 1.00 e. The van der Waals surface area contributed by atoms with Gasteiger partial charge in [-0.3, -0.25) is 23.5 Å². The number of hydrogen-bond donors (Lipinski definition) is 2. The number of carbonyl (C=O) groups excluding carboxylic acids is 1. The van der Waals surface area contributed by atoms with E-state index >= 15 is 0 Å². The molecule has 4 fully saturated rings. The molecule has 4 saturated heterocycles. The molecule has 20 heteroatoms. The number of anilines is 2. The van der Waals surface area contributed by atoms with Crippen molar-refractivity contribution in [2.45, 2.75) is 97.4 Å². The molecule has 0 aliphatic carbocycles. The normalized spacial score (nSPS) is 17.1. The van der Waals surface area contributed by atoms with Gasteiger partial charge in [-0.25, -0.2) is 9.97 Å². The summed E-state index contributed by atoms with van der Waals surface area (Å²) in [4.78, 5) is 50.7. The van der Waals surface area contributed by atoms with Crippen molar-refractivity contribution in [2.24, 2.45) is 10.8 Å². The van der Waals surface area contributed by atoms with Gasteiger partial charge in [0, 0.05) is 96.5 Å². The molecule has 4 aliphatic heterocycles. The SMILES string of the molecule is CCOC(=O)CCc1cn(COCC[Si](C)(C)C)c(=O)c(N2CC3(COC3)C2)n1.CO.C[Si](C)(C)CCOCn1cc(CCCO)nc(N2CC3(COC3)C2)c1=O.[B].[H-].[Na+]. The molecule has 0 saturated carbocycles. The van der Waals surface area contributed by atoms with E-state index in [4.69, 9.17) is 33.9 Å². The van der Waals surface area contributed by atoms with Crippen molar-refractivity contribution >= 4 is 42.2 Å². The topological polar surface area (TPSA) is 180 Å². The molecule has 3 radical (unpaired) electrons. The molecule has 0 amide bonds. The minimum absolute atomic E-state index is 0. The van der Waals surface area contributed by atoms with Crippen LogP contribution in [0.1, 0.15) is 32.6 Å². The van der Waals surface area contributed by atoms with Crippen LogP contribution in [0.25, 0.3) is 0 Å². The van der Waals surface area contributed by atoms with Gasteiger partial charge < -0.3 is 45.1 Å². The van der Waals surface area contributed by atoms with Crippen LogP contribution < -0.4 is 50.5 Å². The van der Waals surface area contributed by atoms with Crippen LogP contribution in [0.4, 0.5) is 11.6 Å². The number of esters is 1. The maximum atomic E-state index is 13.0. The quantitative estimate of drug-likeness (QED) is 0.105. The first kappa shape index (κ1) is 53.2. The first-order valence-electron chi connectivity index (χ1n) is 20.3. The molecule has 2 N–H and O–H groups in total. The Morgan fingerprint density at radius 1 is 0.780 bits per heavy atom. The average Bonchev–Trinajstić information content (AvgIpc) is 3.07. The molecule has 0 aromatic carbocycles. The van der Waals surface area contributed by atoms with E-state index in [1.165, 1.54) is 0 Å². The second-order valence-corrected chi connectivity index (χ2v) is 29.4. The van der Waals surface area contributed by atoms with Crippen molar-refractivity contribution in [1.29, 1.82) is 0 Å². The molecule has 16 nitrogen and oxygen atoms in total. The summed E-state index contributed by atoms with van der Waals surface area (Å²) in [5.41, 5.74) is 1.70. The van der Waals surface area contributed by atoms with E-state index in [0.29, 0.717) is 56.4 Å². The number of aliphatic hydroxyl groups is 2. The van der Waals surface area contributed by atoms with E-state index in [1.807, 2.05) is 9.80 Å². The molecule has 0 bridgehead atoms. The molecule has 0 unspecified atom stereocenters. The number of nitrogens with zero attached hydrogens (tertiary/aromatic N) is 6. The van der Waals surface area contributed by atoms with Crippen LogP contribution in [-0.4, -0.2) is 146 Å². The first-order valence-corrected chi connectivity index (χ1v) is 27.7. The molecule has 2 aromatic rings. The Labute approximate surface area is 377 Å². The maximum Gasteiger partial charge on any atom is 1.00 e. The zero-order valence-electron chi connectivity index (χ0n) is 38.2. The number of rotatable bonds is 19. The van der Waals surface area contributed by atoms with Crippen LogP contribution in [0, 0.1) is 10.8 Å². The molecule has 59 heavy (non-hydrogen) atoms. The third-order valence-corrected chi connectivity index (χ3v) is 13.7. The van der Waals surface area contributed by atoms with Gasteiger partial charge in [0.1, 0.15) is 13.5 Å². The third kappa shape index (κ3) is 15.7. The summed E-state index contributed by atoms with van der Waals surface area (Å²) < 4.78 is 30.4. The van der Waals surface area contributed by atoms with E-state index < -0.39 is 16.1 Å². The number of aromatic nitrogens is 4. The predicted octanol–water partition coefficient (Wildman–Crippen LogP) is -0.451. The zero-order valence-corrected chi connectivity index (χ0v) is 41.2. The minimum Gasteiger partial charge on any atom is -1.00 e. The van der Waals surface area contributed by atoms with Crippen molar-refractivity contribution in [3.05, 3.63) is 44.5 Å². The van der Waals surface area contributed by atoms with Gasteiger partial charge in [0.05, 0.1) is 61.7 Å². The fraction of sp³-hybridized carbons (Fsp3) is 0.769. The number of carbonyl (C=O) groups is 1. The van der Waals surface area contributed by atoms with Crippen LogP contribution in [0.15, 0.2) is 22.0 Å². The van der Waals surface area contributed by atoms with Crippen LogP contribution in [0.2, 0.25) is 51.4 Å². The van der Waals surface area contributed by atoms with Crippen LogP contribution >= 0.6 is 0 Å². The third-order valence-electron chi connectivity index (χ3n) is 10.3. The van der Waals surface area contributed by atoms with Gasteiger partial charge in [-0.2, -0.15) is 0 Å². The number of aryl methyl sites for hydroxylation is 2. The van der Waals surface area contributed by atoms with Crippen molar-refractivity contribution in [3.63, 3.8) is 0 Å². The van der Waals surface area contributed by atoms with E-state index in [0.717, 1.165) is 77.5 Å². The largest absolute Gasteiger partial charge is 1.00 e. The Morgan fingerprint density at radius 2 is 1.19 bits per heavy atom. The molecule has 2 aromatic heterocycles. The Balaban J connectivity index is 0.000000552. The van der Waals surface area contributed by atoms with Gasteiger partial charge in [0.25, 0.3) is 11.1 Å². The van der Waals surface area contributed by atoms with Gasteiger partial charge in [-0.05, 0) is 31.9 Å². The van der Waals surface area contributed by atoms with Gasteiger partial charge in [-0.15, -0.1) is 0 Å². The van der Waals surface area contributed by atoms with E-state index in [2.05, 4.69) is 49.3 Å². The summed E-state index contributed by atoms with van der Waals surface area (Å²) in [5.74, 6) is 0.693. The van der Waals surface area contributed by atoms with Crippen molar-refractivity contribution in [2.75, 3.05) is 95.9 Å². The molecule has 2 spiro atoms. The number of hydrogen-bond acceptors (Lipinski definition) is 14. The minimum atomic E-state index is -1.19. The molecular formula is C39H69BN6NaO10Si2. The van der Waals surface area contributed by atoms with Crippen molar-refractivity contribution < 1.29 is 69.7 Å². The maximum absolute atomic E-state index is 13.0. The molecule has 0 atom stereocenters. The summed E-state index contributed by atoms with van der Waals surface area (Å²) >= 11 is 0. The second kappa shape index (κ2) is 24.1. The Kier molecular flexibility index (Phi) is 21.7. The molecule has 327 valence electrons. The standard InChI is InChI=1S/C20H33N3O5Si.C18H31N3O4Si.CH4O.B.Na.H/c1-5-28-17(24)7-6-16-10-22(15-26-8-9-29(2,3)4)19(25)18(21-16)23-11-20(12-23)13-27-14-20;1-26(2,3)8-7-24-14-20-9-15(5-4-6-22)19-16(17(20)23)21-10-18(11-21)12-25-13-18;1-2;;;/h10H,5-9,11-15H2,1-4H3;9,22H,4-8,10-14H2,1-3H3;2H,1H3;;;/q;;;;+1;-1. The average molecular weight is 872 g/mol. The van der Waals surface area contributed by atoms with Crippen LogP contribution in [0.5, 0.6) is 0 Å². The Morgan fingerprint density at radius 3 is 1.53 bits per heavy atom. The number of aliphatic hydroxyl groups excluding tert-OH is 2. The van der Waals surface area contributed by atoms with Gasteiger partial charge in [-0.1, -0.05) is 39.3 Å². The number of ether oxygens (including phenoxy) is 5. The first-order chi connectivity index (χ1) is 27.0. The van der Waals surface area contributed by atoms with Crippen molar-refractivity contribution in [3.8, 4) is 0 Å². The molecule has 6 heterocycles. The molecule has 6 rings (SSSR count). The fourth-order valence-corrected chi connectivity index (χ4v) is 8.30. The van der Waals surface area contributed by atoms with E-state index in [-0.39, 0.29) is 93.8 Å². The van der Waals surface area contributed by atoms with Crippen LogP contribution in [0.3, 0.4) is 0 Å². The van der Waals surface area contributed by atoms with Crippen molar-refractivity contribution in [1.82, 2.24) is 19.1 Å². The van der Waals surface area contributed by atoms with Gasteiger partial charge in [0.15, 0.2) is 11.6 Å². The molecule has 4 aliphatic rings. The summed E-state index contributed by atoms with van der Waals surface area (Å²) in [6.45, 7) is 24.1. The summed E-state index contributed by atoms with van der Waals surface area (Å²) in [6, 6.07) is 2.12. The second-order valence-electron chi connectivity index (χ2n) is 18.2.